The van der Waals surface area contributed by atoms with Gasteiger partial charge in [0, 0.05) is 12.1 Å². The summed E-state index contributed by atoms with van der Waals surface area (Å²) in [6.45, 7) is 9.92. The zero-order valence-electron chi connectivity index (χ0n) is 14.9. The number of allylic oxidation sites excluding steroid dienone is 1. The smallest absolute Gasteiger partial charge is 0.412 e. The number of ether oxygens (including phenoxy) is 2. The van der Waals surface area contributed by atoms with Crippen LogP contribution < -0.4 is 15.8 Å². The van der Waals surface area contributed by atoms with E-state index in [1.807, 2.05) is 52.8 Å². The molecule has 128 valence electrons. The van der Waals surface area contributed by atoms with Crippen LogP contribution in [0.5, 0.6) is 5.75 Å². The Balaban J connectivity index is 3.26. The second-order valence-electron chi connectivity index (χ2n) is 6.37. The van der Waals surface area contributed by atoms with Crippen LogP contribution in [-0.4, -0.2) is 18.8 Å². The van der Waals surface area contributed by atoms with Gasteiger partial charge in [-0.2, -0.15) is 0 Å². The molecule has 0 unspecified atom stereocenters. The van der Waals surface area contributed by atoms with Crippen molar-refractivity contribution >= 4 is 11.8 Å². The maximum Gasteiger partial charge on any atom is 0.412 e. The van der Waals surface area contributed by atoms with Gasteiger partial charge in [0.15, 0.2) is 0 Å². The lowest BCUT2D eigenvalue weighted by Crippen LogP contribution is -2.32. The van der Waals surface area contributed by atoms with Gasteiger partial charge in [0.1, 0.15) is 11.4 Å². The number of hydrogen-bond acceptors (Lipinski definition) is 4. The molecule has 5 nitrogen and oxygen atoms in total. The minimum absolute atomic E-state index is 0.419. The zero-order valence-corrected chi connectivity index (χ0v) is 14.9. The molecule has 1 aromatic rings. The van der Waals surface area contributed by atoms with Gasteiger partial charge >= 0.3 is 6.09 Å². The Morgan fingerprint density at radius 1 is 1.30 bits per heavy atom. The summed E-state index contributed by atoms with van der Waals surface area (Å²) in [5.74, 6) is 0.682. The van der Waals surface area contributed by atoms with Gasteiger partial charge in [-0.3, -0.25) is 5.32 Å². The van der Waals surface area contributed by atoms with Crippen molar-refractivity contribution in [2.24, 2.45) is 5.73 Å². The predicted octanol–water partition coefficient (Wildman–Crippen LogP) is 3.82. The minimum Gasteiger partial charge on any atom is -0.496 e. The molecule has 0 aliphatic carbocycles. The normalized spacial score (nSPS) is 12.5. The third kappa shape index (κ3) is 5.60. The monoisotopic (exact) mass is 320 g/mol. The lowest BCUT2D eigenvalue weighted by atomic mass is 10.0. The highest BCUT2D eigenvalue weighted by atomic mass is 16.6. The van der Waals surface area contributed by atoms with Crippen LogP contribution in [0.15, 0.2) is 23.8 Å². The number of amides is 1. The van der Waals surface area contributed by atoms with Gasteiger partial charge in [-0.15, -0.1) is 0 Å². The summed E-state index contributed by atoms with van der Waals surface area (Å²) in [5.41, 5.74) is 8.68. The van der Waals surface area contributed by atoms with Crippen LogP contribution in [0.3, 0.4) is 0 Å². The number of nitrogens with one attached hydrogen (secondary N) is 1. The van der Waals surface area contributed by atoms with Gasteiger partial charge in [-0.25, -0.2) is 4.79 Å². The lowest BCUT2D eigenvalue weighted by Gasteiger charge is -2.22. The number of benzene rings is 1. The number of methoxy groups -OCH3 is 1. The number of nitrogens with two attached hydrogens (primary N) is 1. The van der Waals surface area contributed by atoms with Crippen molar-refractivity contribution < 1.29 is 14.3 Å². The highest BCUT2D eigenvalue weighted by Crippen LogP contribution is 2.29. The summed E-state index contributed by atoms with van der Waals surface area (Å²) < 4.78 is 10.8. The Morgan fingerprint density at radius 3 is 2.43 bits per heavy atom. The molecular formula is C18H28N2O3. The molecule has 0 radical (unpaired) electrons. The first-order chi connectivity index (χ1) is 10.7. The van der Waals surface area contributed by atoms with Crippen molar-refractivity contribution in [3.8, 4) is 5.75 Å². The zero-order chi connectivity index (χ0) is 17.6. The Bertz CT molecular complexity index is 586. The van der Waals surface area contributed by atoms with Crippen molar-refractivity contribution in [2.75, 3.05) is 7.11 Å². The minimum atomic E-state index is -0.557. The van der Waals surface area contributed by atoms with E-state index in [-0.39, 0.29) is 0 Å². The van der Waals surface area contributed by atoms with Crippen molar-refractivity contribution in [3.63, 3.8) is 0 Å². The molecule has 1 aromatic carbocycles. The van der Waals surface area contributed by atoms with E-state index in [4.69, 9.17) is 15.2 Å². The summed E-state index contributed by atoms with van der Waals surface area (Å²) in [4.78, 5) is 12.2. The molecule has 0 spiro atoms. The Hall–Kier alpha value is -2.01. The third-order valence-corrected chi connectivity index (χ3v) is 3.35. The second kappa shape index (κ2) is 8.02. The van der Waals surface area contributed by atoms with Crippen molar-refractivity contribution in [1.82, 2.24) is 5.32 Å². The van der Waals surface area contributed by atoms with Gasteiger partial charge in [-0.05, 0) is 57.4 Å². The van der Waals surface area contributed by atoms with E-state index < -0.39 is 11.7 Å². The molecule has 0 aliphatic rings. The van der Waals surface area contributed by atoms with Gasteiger partial charge in [0.25, 0.3) is 0 Å². The summed E-state index contributed by atoms with van der Waals surface area (Å²) in [6, 6.07) is 5.71. The highest BCUT2D eigenvalue weighted by Gasteiger charge is 2.20. The number of carbonyl (C=O) groups excluding carboxylic acids is 1. The van der Waals surface area contributed by atoms with Crippen LogP contribution in [0.4, 0.5) is 4.79 Å². The van der Waals surface area contributed by atoms with Crippen LogP contribution in [0.1, 0.15) is 52.2 Å². The van der Waals surface area contributed by atoms with Crippen LogP contribution in [0.25, 0.3) is 5.70 Å². The van der Waals surface area contributed by atoms with E-state index in [1.165, 1.54) is 0 Å². The number of alkyl carbamates (subject to hydrolysis) is 1. The van der Waals surface area contributed by atoms with Crippen molar-refractivity contribution in [1.29, 1.82) is 0 Å². The molecule has 0 aliphatic heterocycles. The fraction of sp³-hybridized carbons (Fsp3) is 0.500. The molecule has 0 fully saturated rings. The predicted molar refractivity (Wildman–Crippen MR) is 93.1 cm³/mol. The molecule has 23 heavy (non-hydrogen) atoms. The molecule has 3 N–H and O–H groups in total. The standard InChI is InChI=1S/C18H28N2O3/c1-7-12(2)16(20-17(21)23-18(3,4)5)14-10-13(11-19)8-9-15(14)22-6/h8-10H,7,11,19H2,1-6H3,(H,20,21)/b16-12-. The topological polar surface area (TPSA) is 73.6 Å². The maximum absolute atomic E-state index is 12.2. The first-order valence-corrected chi connectivity index (χ1v) is 7.79. The first-order valence-electron chi connectivity index (χ1n) is 7.79. The van der Waals surface area contributed by atoms with Gasteiger partial charge in [0.05, 0.1) is 12.8 Å². The molecule has 0 saturated carbocycles. The summed E-state index contributed by atoms with van der Waals surface area (Å²) in [5, 5.41) is 2.86. The highest BCUT2D eigenvalue weighted by molar-refractivity contribution is 5.85. The fourth-order valence-corrected chi connectivity index (χ4v) is 2.06. The van der Waals surface area contributed by atoms with E-state index in [9.17, 15) is 4.79 Å². The van der Waals surface area contributed by atoms with E-state index in [0.717, 1.165) is 23.1 Å². The Labute approximate surface area is 138 Å². The summed E-state index contributed by atoms with van der Waals surface area (Å²) >= 11 is 0. The third-order valence-electron chi connectivity index (χ3n) is 3.35. The average molecular weight is 320 g/mol. The SMILES string of the molecule is CC/C(C)=C(\NC(=O)OC(C)(C)C)c1cc(CN)ccc1OC. The molecule has 1 rings (SSSR count). The van der Waals surface area contributed by atoms with Crippen molar-refractivity contribution in [3.05, 3.63) is 34.9 Å². The molecule has 1 amide bonds. The Kier molecular flexibility index (Phi) is 6.63. The maximum atomic E-state index is 12.2. The molecule has 0 bridgehead atoms. The van der Waals surface area contributed by atoms with Crippen LogP contribution in [-0.2, 0) is 11.3 Å². The Morgan fingerprint density at radius 2 is 1.96 bits per heavy atom. The van der Waals surface area contributed by atoms with Gasteiger partial charge in [0.2, 0.25) is 0 Å². The molecule has 0 atom stereocenters. The van der Waals surface area contributed by atoms with E-state index in [0.29, 0.717) is 18.0 Å². The molecular weight excluding hydrogens is 292 g/mol. The molecule has 5 heteroatoms. The number of hydrogen-bond donors (Lipinski definition) is 2. The van der Waals surface area contributed by atoms with Crippen LogP contribution in [0.2, 0.25) is 0 Å². The van der Waals surface area contributed by atoms with Crippen LogP contribution >= 0.6 is 0 Å². The first kappa shape index (κ1) is 19.0. The second-order valence-corrected chi connectivity index (χ2v) is 6.37. The van der Waals surface area contributed by atoms with Crippen molar-refractivity contribution in [2.45, 2.75) is 53.2 Å². The summed E-state index contributed by atoms with van der Waals surface area (Å²) in [6.07, 6.45) is 0.307. The molecule has 0 heterocycles. The number of carbonyl (C=O) groups is 1. The van der Waals surface area contributed by atoms with E-state index in [1.54, 1.807) is 7.11 Å². The average Bonchev–Trinajstić information content (AvgIpc) is 2.49. The van der Waals surface area contributed by atoms with Gasteiger partial charge in [-0.1, -0.05) is 13.0 Å². The number of rotatable bonds is 5. The largest absolute Gasteiger partial charge is 0.496 e. The van der Waals surface area contributed by atoms with Gasteiger partial charge < -0.3 is 15.2 Å². The summed E-state index contributed by atoms with van der Waals surface area (Å²) in [7, 11) is 1.60. The van der Waals surface area contributed by atoms with E-state index in [2.05, 4.69) is 5.32 Å². The fourth-order valence-electron chi connectivity index (χ4n) is 2.06. The van der Waals surface area contributed by atoms with E-state index >= 15 is 0 Å². The molecule has 0 aromatic heterocycles. The lowest BCUT2D eigenvalue weighted by molar-refractivity contribution is 0.0557. The molecule has 0 saturated heterocycles. The quantitative estimate of drug-likeness (QED) is 0.865. The van der Waals surface area contributed by atoms with Crippen LogP contribution in [0, 0.1) is 0 Å².